The molecule has 2 heterocycles. The second-order valence-corrected chi connectivity index (χ2v) is 8.08. The summed E-state index contributed by atoms with van der Waals surface area (Å²) in [4.78, 5) is 29.3. The standard InChI is InChI=1S/C18H16BrN3O3S2/c1-2-20-16(23)8-25-13-5-3-4-12(7-13)21-17(24)14-10-27-18(22-14)15-6-11(19)9-26-15/h3-7,9-10H,2,8H2,1H3,(H,20,23)(H,21,24). The van der Waals surface area contributed by atoms with Gasteiger partial charge >= 0.3 is 0 Å². The van der Waals surface area contributed by atoms with Gasteiger partial charge in [0.2, 0.25) is 0 Å². The maximum Gasteiger partial charge on any atom is 0.275 e. The van der Waals surface area contributed by atoms with Crippen LogP contribution >= 0.6 is 38.6 Å². The fourth-order valence-electron chi connectivity index (χ4n) is 2.17. The van der Waals surface area contributed by atoms with Gasteiger partial charge in [-0.1, -0.05) is 6.07 Å². The Morgan fingerprint density at radius 2 is 2.07 bits per heavy atom. The van der Waals surface area contributed by atoms with Crippen LogP contribution in [0, 0.1) is 0 Å². The third kappa shape index (κ3) is 5.38. The third-order valence-electron chi connectivity index (χ3n) is 3.35. The Morgan fingerprint density at radius 1 is 1.22 bits per heavy atom. The van der Waals surface area contributed by atoms with Crippen LogP contribution in [0.2, 0.25) is 0 Å². The van der Waals surface area contributed by atoms with E-state index in [1.54, 1.807) is 41.0 Å². The van der Waals surface area contributed by atoms with Crippen molar-refractivity contribution < 1.29 is 14.3 Å². The summed E-state index contributed by atoms with van der Waals surface area (Å²) in [5.41, 5.74) is 0.926. The highest BCUT2D eigenvalue weighted by atomic mass is 79.9. The van der Waals surface area contributed by atoms with Crippen LogP contribution in [0.1, 0.15) is 17.4 Å². The van der Waals surface area contributed by atoms with Crippen LogP contribution in [-0.4, -0.2) is 29.9 Å². The van der Waals surface area contributed by atoms with Crippen molar-refractivity contribution >= 4 is 56.1 Å². The zero-order valence-electron chi connectivity index (χ0n) is 14.3. The summed E-state index contributed by atoms with van der Waals surface area (Å²) >= 11 is 6.40. The van der Waals surface area contributed by atoms with Gasteiger partial charge in [-0.05, 0) is 41.1 Å². The number of ether oxygens (including phenoxy) is 1. The Kier molecular flexibility index (Phi) is 6.59. The minimum atomic E-state index is -0.297. The molecule has 0 spiro atoms. The topological polar surface area (TPSA) is 80.3 Å². The summed E-state index contributed by atoms with van der Waals surface area (Å²) in [6.45, 7) is 2.32. The van der Waals surface area contributed by atoms with E-state index in [2.05, 4.69) is 31.5 Å². The van der Waals surface area contributed by atoms with Crippen molar-refractivity contribution in [2.75, 3.05) is 18.5 Å². The Bertz CT molecular complexity index is 955. The molecule has 0 aliphatic heterocycles. The summed E-state index contributed by atoms with van der Waals surface area (Å²) in [6.07, 6.45) is 0. The molecule has 2 aromatic heterocycles. The van der Waals surface area contributed by atoms with Gasteiger partial charge in [0, 0.05) is 33.5 Å². The second-order valence-electron chi connectivity index (χ2n) is 5.39. The molecule has 0 saturated heterocycles. The average molecular weight is 466 g/mol. The molecule has 6 nitrogen and oxygen atoms in total. The highest BCUT2D eigenvalue weighted by molar-refractivity contribution is 9.10. The minimum Gasteiger partial charge on any atom is -0.484 e. The van der Waals surface area contributed by atoms with E-state index in [0.717, 1.165) is 14.4 Å². The molecule has 0 fully saturated rings. The average Bonchev–Trinajstić information content (AvgIpc) is 3.29. The molecule has 2 N–H and O–H groups in total. The summed E-state index contributed by atoms with van der Waals surface area (Å²) in [7, 11) is 0. The lowest BCUT2D eigenvalue weighted by Gasteiger charge is -2.08. The number of hydrogen-bond acceptors (Lipinski definition) is 6. The number of hydrogen-bond donors (Lipinski definition) is 2. The first kappa shape index (κ1) is 19.5. The molecule has 140 valence electrons. The largest absolute Gasteiger partial charge is 0.484 e. The van der Waals surface area contributed by atoms with Crippen molar-refractivity contribution in [1.29, 1.82) is 0 Å². The number of amides is 2. The number of nitrogens with one attached hydrogen (secondary N) is 2. The summed E-state index contributed by atoms with van der Waals surface area (Å²) in [6, 6.07) is 8.87. The Balaban J connectivity index is 1.63. The number of benzene rings is 1. The molecule has 0 unspecified atom stereocenters. The van der Waals surface area contributed by atoms with E-state index in [1.165, 1.54) is 11.3 Å². The first-order chi connectivity index (χ1) is 13.0. The molecule has 0 atom stereocenters. The van der Waals surface area contributed by atoms with Gasteiger partial charge < -0.3 is 15.4 Å². The molecule has 0 aliphatic rings. The number of anilines is 1. The van der Waals surface area contributed by atoms with Gasteiger partial charge in [0.1, 0.15) is 16.5 Å². The predicted molar refractivity (Wildman–Crippen MR) is 112 cm³/mol. The minimum absolute atomic E-state index is 0.0724. The first-order valence-electron chi connectivity index (χ1n) is 8.06. The van der Waals surface area contributed by atoms with Crippen molar-refractivity contribution in [3.63, 3.8) is 0 Å². The Morgan fingerprint density at radius 3 is 2.81 bits per heavy atom. The van der Waals surface area contributed by atoms with E-state index in [0.29, 0.717) is 23.7 Å². The number of nitrogens with zero attached hydrogens (tertiary/aromatic N) is 1. The predicted octanol–water partition coefficient (Wildman–Crippen LogP) is 4.40. The van der Waals surface area contributed by atoms with E-state index < -0.39 is 0 Å². The number of likely N-dealkylation sites (N-methyl/N-ethyl adjacent to an activating group) is 1. The lowest BCUT2D eigenvalue weighted by atomic mass is 10.3. The highest BCUT2D eigenvalue weighted by Gasteiger charge is 2.13. The molecule has 0 bridgehead atoms. The number of thiazole rings is 1. The lowest BCUT2D eigenvalue weighted by Crippen LogP contribution is -2.28. The van der Waals surface area contributed by atoms with Crippen LogP contribution in [0.25, 0.3) is 9.88 Å². The summed E-state index contributed by atoms with van der Waals surface area (Å²) in [5.74, 6) is 0.0117. The number of thiophene rings is 1. The number of carbonyl (C=O) groups excluding carboxylic acids is 2. The Labute approximate surface area is 172 Å². The van der Waals surface area contributed by atoms with E-state index in [-0.39, 0.29) is 18.4 Å². The molecule has 3 rings (SSSR count). The van der Waals surface area contributed by atoms with Gasteiger partial charge in [0.25, 0.3) is 11.8 Å². The molecule has 3 aromatic rings. The second kappa shape index (κ2) is 9.12. The smallest absolute Gasteiger partial charge is 0.275 e. The van der Waals surface area contributed by atoms with Gasteiger partial charge in [-0.15, -0.1) is 22.7 Å². The normalized spacial score (nSPS) is 10.4. The van der Waals surface area contributed by atoms with Gasteiger partial charge in [-0.25, -0.2) is 4.98 Å². The fraction of sp³-hybridized carbons (Fsp3) is 0.167. The number of aromatic nitrogens is 1. The van der Waals surface area contributed by atoms with E-state index in [4.69, 9.17) is 4.74 Å². The van der Waals surface area contributed by atoms with Crippen molar-refractivity contribution in [1.82, 2.24) is 10.3 Å². The van der Waals surface area contributed by atoms with E-state index >= 15 is 0 Å². The summed E-state index contributed by atoms with van der Waals surface area (Å²) < 4.78 is 6.43. The number of carbonyl (C=O) groups is 2. The molecule has 2 amide bonds. The number of rotatable bonds is 7. The zero-order chi connectivity index (χ0) is 19.2. The van der Waals surface area contributed by atoms with Crippen LogP contribution < -0.4 is 15.4 Å². The van der Waals surface area contributed by atoms with Crippen LogP contribution in [-0.2, 0) is 4.79 Å². The first-order valence-corrected chi connectivity index (χ1v) is 10.6. The van der Waals surface area contributed by atoms with Crippen molar-refractivity contribution in [3.05, 3.63) is 51.3 Å². The van der Waals surface area contributed by atoms with Crippen molar-refractivity contribution in [2.45, 2.75) is 6.92 Å². The molecule has 1 aromatic carbocycles. The van der Waals surface area contributed by atoms with Gasteiger partial charge in [-0.2, -0.15) is 0 Å². The van der Waals surface area contributed by atoms with Gasteiger partial charge in [0.05, 0.1) is 4.88 Å². The molecular weight excluding hydrogens is 450 g/mol. The van der Waals surface area contributed by atoms with E-state index in [9.17, 15) is 9.59 Å². The molecular formula is C18H16BrN3O3S2. The lowest BCUT2D eigenvalue weighted by molar-refractivity contribution is -0.122. The molecule has 9 heteroatoms. The van der Waals surface area contributed by atoms with Crippen LogP contribution in [0.5, 0.6) is 5.75 Å². The monoisotopic (exact) mass is 465 g/mol. The highest BCUT2D eigenvalue weighted by Crippen LogP contribution is 2.32. The third-order valence-corrected chi connectivity index (χ3v) is 6.05. The molecule has 0 aliphatic carbocycles. The SMILES string of the molecule is CCNC(=O)COc1cccc(NC(=O)c2csc(-c3cc(Br)cs3)n2)c1. The van der Waals surface area contributed by atoms with Crippen molar-refractivity contribution in [2.24, 2.45) is 0 Å². The maximum atomic E-state index is 12.4. The maximum absolute atomic E-state index is 12.4. The van der Waals surface area contributed by atoms with Crippen LogP contribution in [0.15, 0.2) is 45.6 Å². The van der Waals surface area contributed by atoms with Gasteiger partial charge in [0.15, 0.2) is 6.61 Å². The Hall–Kier alpha value is -2.23. The van der Waals surface area contributed by atoms with Gasteiger partial charge in [-0.3, -0.25) is 9.59 Å². The molecule has 0 saturated carbocycles. The molecule has 27 heavy (non-hydrogen) atoms. The van der Waals surface area contributed by atoms with Crippen LogP contribution in [0.4, 0.5) is 5.69 Å². The zero-order valence-corrected chi connectivity index (χ0v) is 17.5. The molecule has 0 radical (unpaired) electrons. The van der Waals surface area contributed by atoms with Crippen LogP contribution in [0.3, 0.4) is 0 Å². The fourth-order valence-corrected chi connectivity index (χ4v) is 4.48. The summed E-state index contributed by atoms with van der Waals surface area (Å²) in [5, 5.41) is 9.96. The van der Waals surface area contributed by atoms with E-state index in [1.807, 2.05) is 18.4 Å². The quantitative estimate of drug-likeness (QED) is 0.541. The van der Waals surface area contributed by atoms with Crippen molar-refractivity contribution in [3.8, 4) is 15.6 Å². The number of halogens is 1.